The maximum atomic E-state index is 5.96. The van der Waals surface area contributed by atoms with Crippen molar-refractivity contribution in [1.29, 1.82) is 0 Å². The van der Waals surface area contributed by atoms with Gasteiger partial charge in [-0.15, -0.1) is 0 Å². The Labute approximate surface area is 82.7 Å². The van der Waals surface area contributed by atoms with E-state index >= 15 is 0 Å². The summed E-state index contributed by atoms with van der Waals surface area (Å²) in [6.07, 6.45) is 2.67. The predicted molar refractivity (Wildman–Crippen MR) is 53.0 cm³/mol. The van der Waals surface area contributed by atoms with E-state index in [4.69, 9.17) is 23.2 Å². The Bertz CT molecular complexity index is 273. The molecule has 12 heavy (non-hydrogen) atoms. The summed E-state index contributed by atoms with van der Waals surface area (Å²) in [7, 11) is 0. The predicted octanol–water partition coefficient (Wildman–Crippen LogP) is 3.90. The molecule has 66 valence electrons. The molecule has 0 aliphatic rings. The number of aromatic nitrogens is 1. The van der Waals surface area contributed by atoms with Gasteiger partial charge in [0, 0.05) is 6.20 Å². The van der Waals surface area contributed by atoms with Crippen LogP contribution in [0.5, 0.6) is 0 Å². The monoisotopic (exact) mass is 203 g/mol. The molecule has 0 saturated carbocycles. The van der Waals surface area contributed by atoms with E-state index in [2.05, 4.69) is 18.8 Å². The Hall–Kier alpha value is -0.270. The van der Waals surface area contributed by atoms with Crippen LogP contribution in [0.2, 0.25) is 10.0 Å². The standard InChI is InChI=1S/C9H11Cl2N/c1-3-6(2)9-8(11)4-7(10)5-12-9/h4-6H,3H2,1-2H3. The summed E-state index contributed by atoms with van der Waals surface area (Å²) >= 11 is 11.7. The van der Waals surface area contributed by atoms with Crippen LogP contribution in [0.25, 0.3) is 0 Å². The van der Waals surface area contributed by atoms with Gasteiger partial charge in [0.05, 0.1) is 15.7 Å². The zero-order chi connectivity index (χ0) is 9.14. The lowest BCUT2D eigenvalue weighted by molar-refractivity contribution is 0.708. The fraction of sp³-hybridized carbons (Fsp3) is 0.444. The molecule has 1 heterocycles. The van der Waals surface area contributed by atoms with E-state index < -0.39 is 0 Å². The van der Waals surface area contributed by atoms with Crippen molar-refractivity contribution in [3.05, 3.63) is 28.0 Å². The fourth-order valence-electron chi connectivity index (χ4n) is 0.981. The fourth-order valence-corrected chi connectivity index (χ4v) is 1.55. The second-order valence-corrected chi connectivity index (χ2v) is 3.67. The van der Waals surface area contributed by atoms with Crippen molar-refractivity contribution >= 4 is 23.2 Å². The highest BCUT2D eigenvalue weighted by molar-refractivity contribution is 6.34. The minimum atomic E-state index is 0.398. The summed E-state index contributed by atoms with van der Waals surface area (Å²) in [6.45, 7) is 4.21. The average Bonchev–Trinajstić information content (AvgIpc) is 2.03. The minimum Gasteiger partial charge on any atom is -0.258 e. The minimum absolute atomic E-state index is 0.398. The van der Waals surface area contributed by atoms with E-state index in [-0.39, 0.29) is 0 Å². The van der Waals surface area contributed by atoms with Crippen LogP contribution in [-0.2, 0) is 0 Å². The summed E-state index contributed by atoms with van der Waals surface area (Å²) in [5.41, 5.74) is 0.934. The molecule has 0 amide bonds. The van der Waals surface area contributed by atoms with Crippen molar-refractivity contribution in [2.45, 2.75) is 26.2 Å². The van der Waals surface area contributed by atoms with Crippen molar-refractivity contribution in [2.75, 3.05) is 0 Å². The zero-order valence-electron chi connectivity index (χ0n) is 7.14. The molecule has 0 fully saturated rings. The van der Waals surface area contributed by atoms with E-state index in [1.165, 1.54) is 0 Å². The molecule has 1 aromatic heterocycles. The molecule has 0 aromatic carbocycles. The molecule has 0 radical (unpaired) electrons. The lowest BCUT2D eigenvalue weighted by Crippen LogP contribution is -1.96. The summed E-state index contributed by atoms with van der Waals surface area (Å²) < 4.78 is 0. The summed E-state index contributed by atoms with van der Waals surface area (Å²) in [6, 6.07) is 1.73. The molecule has 1 unspecified atom stereocenters. The van der Waals surface area contributed by atoms with Crippen LogP contribution in [0, 0.1) is 0 Å². The van der Waals surface area contributed by atoms with Crippen LogP contribution >= 0.6 is 23.2 Å². The van der Waals surface area contributed by atoms with Gasteiger partial charge in [0.2, 0.25) is 0 Å². The Morgan fingerprint density at radius 1 is 1.50 bits per heavy atom. The smallest absolute Gasteiger partial charge is 0.0639 e. The second-order valence-electron chi connectivity index (χ2n) is 2.83. The molecule has 0 N–H and O–H groups in total. The summed E-state index contributed by atoms with van der Waals surface area (Å²) in [5.74, 6) is 0.398. The van der Waals surface area contributed by atoms with Crippen LogP contribution in [0.15, 0.2) is 12.3 Å². The molecule has 0 aliphatic carbocycles. The van der Waals surface area contributed by atoms with Gasteiger partial charge in [-0.2, -0.15) is 0 Å². The number of hydrogen-bond acceptors (Lipinski definition) is 1. The number of pyridine rings is 1. The molecule has 1 nitrogen and oxygen atoms in total. The highest BCUT2D eigenvalue weighted by Gasteiger charge is 2.09. The van der Waals surface area contributed by atoms with Crippen LogP contribution in [0.4, 0.5) is 0 Å². The van der Waals surface area contributed by atoms with E-state index in [1.54, 1.807) is 12.3 Å². The van der Waals surface area contributed by atoms with E-state index in [1.807, 2.05) is 0 Å². The summed E-state index contributed by atoms with van der Waals surface area (Å²) in [4.78, 5) is 4.18. The van der Waals surface area contributed by atoms with Crippen LogP contribution in [0.1, 0.15) is 31.9 Å². The molecule has 1 atom stereocenters. The number of hydrogen-bond donors (Lipinski definition) is 0. The lowest BCUT2D eigenvalue weighted by Gasteiger charge is -2.09. The number of nitrogens with zero attached hydrogens (tertiary/aromatic N) is 1. The third-order valence-corrected chi connectivity index (χ3v) is 2.42. The zero-order valence-corrected chi connectivity index (χ0v) is 8.65. The van der Waals surface area contributed by atoms with Crippen LogP contribution < -0.4 is 0 Å². The van der Waals surface area contributed by atoms with Crippen molar-refractivity contribution in [2.24, 2.45) is 0 Å². The quantitative estimate of drug-likeness (QED) is 0.711. The molecule has 1 aromatic rings. The van der Waals surface area contributed by atoms with E-state index in [9.17, 15) is 0 Å². The van der Waals surface area contributed by atoms with Gasteiger partial charge in [0.1, 0.15) is 0 Å². The van der Waals surface area contributed by atoms with E-state index in [0.29, 0.717) is 16.0 Å². The molecular formula is C9H11Cl2N. The third kappa shape index (κ3) is 2.11. The van der Waals surface area contributed by atoms with Crippen LogP contribution in [-0.4, -0.2) is 4.98 Å². The maximum absolute atomic E-state index is 5.96. The Kier molecular flexibility index (Phi) is 3.36. The van der Waals surface area contributed by atoms with Gasteiger partial charge in [-0.25, -0.2) is 0 Å². The second kappa shape index (κ2) is 4.11. The molecule has 0 spiro atoms. The number of rotatable bonds is 2. The molecule has 0 bridgehead atoms. The van der Waals surface area contributed by atoms with Crippen LogP contribution in [0.3, 0.4) is 0 Å². The van der Waals surface area contributed by atoms with Gasteiger partial charge in [0.15, 0.2) is 0 Å². The molecule has 0 aliphatic heterocycles. The van der Waals surface area contributed by atoms with Gasteiger partial charge in [-0.05, 0) is 18.4 Å². The highest BCUT2D eigenvalue weighted by atomic mass is 35.5. The van der Waals surface area contributed by atoms with Gasteiger partial charge >= 0.3 is 0 Å². The van der Waals surface area contributed by atoms with Gasteiger partial charge < -0.3 is 0 Å². The molecule has 0 saturated heterocycles. The van der Waals surface area contributed by atoms with Gasteiger partial charge in [-0.1, -0.05) is 37.0 Å². The van der Waals surface area contributed by atoms with Gasteiger partial charge in [-0.3, -0.25) is 4.98 Å². The topological polar surface area (TPSA) is 12.9 Å². The number of halogens is 2. The SMILES string of the molecule is CCC(C)c1ncc(Cl)cc1Cl. The van der Waals surface area contributed by atoms with Crippen molar-refractivity contribution in [3.63, 3.8) is 0 Å². The first-order valence-electron chi connectivity index (χ1n) is 3.96. The first-order chi connectivity index (χ1) is 5.65. The highest BCUT2D eigenvalue weighted by Crippen LogP contribution is 2.26. The van der Waals surface area contributed by atoms with Crippen molar-refractivity contribution in [1.82, 2.24) is 4.98 Å². The molecule has 1 rings (SSSR count). The largest absolute Gasteiger partial charge is 0.258 e. The van der Waals surface area contributed by atoms with E-state index in [0.717, 1.165) is 12.1 Å². The summed E-state index contributed by atoms with van der Waals surface area (Å²) in [5, 5.41) is 1.25. The Morgan fingerprint density at radius 3 is 2.67 bits per heavy atom. The van der Waals surface area contributed by atoms with Gasteiger partial charge in [0.25, 0.3) is 0 Å². The maximum Gasteiger partial charge on any atom is 0.0639 e. The molecular weight excluding hydrogens is 193 g/mol. The first-order valence-corrected chi connectivity index (χ1v) is 4.71. The molecule has 3 heteroatoms. The first kappa shape index (κ1) is 9.82. The van der Waals surface area contributed by atoms with Crippen molar-refractivity contribution in [3.8, 4) is 0 Å². The van der Waals surface area contributed by atoms with Crippen molar-refractivity contribution < 1.29 is 0 Å². The normalized spacial score (nSPS) is 13.0. The lowest BCUT2D eigenvalue weighted by atomic mass is 10.0. The Balaban J connectivity index is 3.01. The average molecular weight is 204 g/mol. The third-order valence-electron chi connectivity index (χ3n) is 1.92. The Morgan fingerprint density at radius 2 is 2.17 bits per heavy atom.